The van der Waals surface area contributed by atoms with Crippen molar-refractivity contribution in [3.8, 4) is 11.5 Å². The summed E-state index contributed by atoms with van der Waals surface area (Å²) < 4.78 is 5.94. The maximum Gasteiger partial charge on any atom is 0.405 e. The third kappa shape index (κ3) is 4.19. The van der Waals surface area contributed by atoms with Crippen LogP contribution >= 0.6 is 0 Å². The van der Waals surface area contributed by atoms with Crippen LogP contribution in [-0.4, -0.2) is 11.2 Å². The highest BCUT2D eigenvalue weighted by atomic mass is 16.5. The van der Waals surface area contributed by atoms with Crippen LogP contribution in [0.4, 0.5) is 10.5 Å². The molecule has 0 saturated carbocycles. The van der Waals surface area contributed by atoms with Crippen molar-refractivity contribution in [1.82, 2.24) is 5.32 Å². The van der Waals surface area contributed by atoms with Crippen molar-refractivity contribution in [2.45, 2.75) is 33.7 Å². The molecule has 0 radical (unpaired) electrons. The molecule has 0 bridgehead atoms. The Morgan fingerprint density at radius 3 is 2.46 bits per heavy atom. The summed E-state index contributed by atoms with van der Waals surface area (Å²) in [5, 5.41) is 11.7. The lowest BCUT2D eigenvalue weighted by atomic mass is 9.81. The summed E-state index contributed by atoms with van der Waals surface area (Å²) in [6.45, 7) is 7.85. The molecule has 5 nitrogen and oxygen atoms in total. The summed E-state index contributed by atoms with van der Waals surface area (Å²) in [5.41, 5.74) is 8.01. The first-order chi connectivity index (χ1) is 11.2. The Morgan fingerprint density at radius 1 is 1.21 bits per heavy atom. The summed E-state index contributed by atoms with van der Waals surface area (Å²) in [6.07, 6.45) is -1.08. The van der Waals surface area contributed by atoms with E-state index in [0.717, 1.165) is 11.3 Å². The Bertz CT molecular complexity index is 736. The van der Waals surface area contributed by atoms with E-state index in [9.17, 15) is 4.79 Å². The van der Waals surface area contributed by atoms with Gasteiger partial charge in [-0.25, -0.2) is 4.79 Å². The lowest BCUT2D eigenvalue weighted by molar-refractivity contribution is 0.175. The number of carboxylic acid groups (broad SMARTS) is 1. The molecule has 0 fully saturated rings. The largest absolute Gasteiger partial charge is 0.465 e. The first-order valence-corrected chi connectivity index (χ1v) is 7.81. The SMILES string of the molecule is Cc1ccccc1Oc1ccc(N)c(C(NC(=O)O)C(C)(C)C)c1. The first kappa shape index (κ1) is 17.7. The van der Waals surface area contributed by atoms with Crippen molar-refractivity contribution in [2.24, 2.45) is 5.41 Å². The van der Waals surface area contributed by atoms with Gasteiger partial charge in [0.05, 0.1) is 6.04 Å². The van der Waals surface area contributed by atoms with Gasteiger partial charge in [0.25, 0.3) is 0 Å². The molecule has 0 aromatic heterocycles. The minimum Gasteiger partial charge on any atom is -0.465 e. The predicted octanol–water partition coefficient (Wildman–Crippen LogP) is 4.72. The van der Waals surface area contributed by atoms with E-state index < -0.39 is 12.1 Å². The maximum absolute atomic E-state index is 11.2. The second-order valence-electron chi connectivity index (χ2n) is 6.91. The second-order valence-corrected chi connectivity index (χ2v) is 6.91. The van der Waals surface area contributed by atoms with Crippen LogP contribution in [0.2, 0.25) is 0 Å². The lowest BCUT2D eigenvalue weighted by Crippen LogP contribution is -2.36. The summed E-state index contributed by atoms with van der Waals surface area (Å²) in [4.78, 5) is 11.2. The van der Waals surface area contributed by atoms with Crippen LogP contribution in [0.5, 0.6) is 11.5 Å². The van der Waals surface area contributed by atoms with Crippen molar-refractivity contribution in [1.29, 1.82) is 0 Å². The highest BCUT2D eigenvalue weighted by Gasteiger charge is 2.29. The number of aryl methyl sites for hydroxylation is 1. The fourth-order valence-electron chi connectivity index (χ4n) is 2.55. The van der Waals surface area contributed by atoms with E-state index in [4.69, 9.17) is 15.6 Å². The number of nitrogen functional groups attached to an aromatic ring is 1. The van der Waals surface area contributed by atoms with E-state index in [1.165, 1.54) is 0 Å². The van der Waals surface area contributed by atoms with Gasteiger partial charge in [-0.15, -0.1) is 0 Å². The Hall–Kier alpha value is -2.69. The van der Waals surface area contributed by atoms with Gasteiger partial charge >= 0.3 is 6.09 Å². The van der Waals surface area contributed by atoms with E-state index in [0.29, 0.717) is 17.0 Å². The summed E-state index contributed by atoms with van der Waals surface area (Å²) in [5.74, 6) is 1.38. The van der Waals surface area contributed by atoms with Crippen LogP contribution < -0.4 is 15.8 Å². The van der Waals surface area contributed by atoms with Crippen LogP contribution in [0.3, 0.4) is 0 Å². The van der Waals surface area contributed by atoms with Gasteiger partial charge in [-0.2, -0.15) is 0 Å². The van der Waals surface area contributed by atoms with Gasteiger partial charge in [0.2, 0.25) is 0 Å². The molecule has 1 amide bonds. The first-order valence-electron chi connectivity index (χ1n) is 7.81. The minimum atomic E-state index is -1.08. The molecular formula is C19H24N2O3. The zero-order valence-electron chi connectivity index (χ0n) is 14.5. The average Bonchev–Trinajstić information content (AvgIpc) is 2.48. The third-order valence-electron chi connectivity index (χ3n) is 3.82. The maximum atomic E-state index is 11.2. The van der Waals surface area contributed by atoms with Gasteiger partial charge < -0.3 is 20.9 Å². The highest BCUT2D eigenvalue weighted by molar-refractivity contribution is 5.66. The van der Waals surface area contributed by atoms with Gasteiger partial charge in [0, 0.05) is 11.3 Å². The molecule has 0 aliphatic heterocycles. The van der Waals surface area contributed by atoms with Crippen molar-refractivity contribution >= 4 is 11.8 Å². The van der Waals surface area contributed by atoms with Crippen LogP contribution in [0, 0.1) is 12.3 Å². The zero-order valence-corrected chi connectivity index (χ0v) is 14.5. The Labute approximate surface area is 142 Å². The number of benzene rings is 2. The number of amides is 1. The van der Waals surface area contributed by atoms with Crippen LogP contribution in [0.15, 0.2) is 42.5 Å². The molecule has 0 spiro atoms. The molecule has 128 valence electrons. The molecule has 2 aromatic carbocycles. The normalized spacial score (nSPS) is 12.5. The summed E-state index contributed by atoms with van der Waals surface area (Å²) in [7, 11) is 0. The van der Waals surface area contributed by atoms with Gasteiger partial charge in [0.1, 0.15) is 11.5 Å². The van der Waals surface area contributed by atoms with Gasteiger partial charge in [-0.1, -0.05) is 39.0 Å². The summed E-state index contributed by atoms with van der Waals surface area (Å²) in [6, 6.07) is 12.6. The molecule has 1 atom stereocenters. The number of carbonyl (C=O) groups is 1. The number of nitrogens with two attached hydrogens (primary N) is 1. The Kier molecular flexibility index (Phi) is 5.02. The van der Waals surface area contributed by atoms with E-state index >= 15 is 0 Å². The number of ether oxygens (including phenoxy) is 1. The highest BCUT2D eigenvalue weighted by Crippen LogP contribution is 2.38. The Morgan fingerprint density at radius 2 is 1.88 bits per heavy atom. The molecule has 1 unspecified atom stereocenters. The molecule has 0 saturated heterocycles. The molecule has 2 aromatic rings. The molecule has 0 aliphatic carbocycles. The van der Waals surface area contributed by atoms with E-state index in [1.54, 1.807) is 18.2 Å². The van der Waals surface area contributed by atoms with Gasteiger partial charge in [-0.05, 0) is 42.2 Å². The number of nitrogens with one attached hydrogen (secondary N) is 1. The van der Waals surface area contributed by atoms with Gasteiger partial charge in [-0.3, -0.25) is 0 Å². The molecule has 4 N–H and O–H groups in total. The summed E-state index contributed by atoms with van der Waals surface area (Å²) >= 11 is 0. The average molecular weight is 328 g/mol. The topological polar surface area (TPSA) is 84.6 Å². The monoisotopic (exact) mass is 328 g/mol. The Balaban J connectivity index is 2.40. The third-order valence-corrected chi connectivity index (χ3v) is 3.82. The molecule has 0 heterocycles. The van der Waals surface area contributed by atoms with Crippen LogP contribution in [0.25, 0.3) is 0 Å². The van der Waals surface area contributed by atoms with Gasteiger partial charge in [0.15, 0.2) is 0 Å². The number of hydrogen-bond donors (Lipinski definition) is 3. The van der Waals surface area contributed by atoms with Crippen molar-refractivity contribution in [3.05, 3.63) is 53.6 Å². The smallest absolute Gasteiger partial charge is 0.405 e. The quantitative estimate of drug-likeness (QED) is 0.709. The number of rotatable bonds is 4. The number of anilines is 1. The second kappa shape index (κ2) is 6.83. The molecule has 24 heavy (non-hydrogen) atoms. The number of para-hydroxylation sites is 1. The van der Waals surface area contributed by atoms with Crippen molar-refractivity contribution in [3.63, 3.8) is 0 Å². The van der Waals surface area contributed by atoms with E-state index in [1.807, 2.05) is 52.0 Å². The number of hydrogen-bond acceptors (Lipinski definition) is 3. The predicted molar refractivity (Wildman–Crippen MR) is 95.5 cm³/mol. The fraction of sp³-hybridized carbons (Fsp3) is 0.316. The van der Waals surface area contributed by atoms with E-state index in [-0.39, 0.29) is 5.41 Å². The molecule has 5 heteroatoms. The van der Waals surface area contributed by atoms with Crippen LogP contribution in [-0.2, 0) is 0 Å². The minimum absolute atomic E-state index is 0.339. The molecule has 0 aliphatic rings. The molecule has 2 rings (SSSR count). The van der Waals surface area contributed by atoms with Crippen molar-refractivity contribution < 1.29 is 14.6 Å². The zero-order chi connectivity index (χ0) is 17.9. The fourth-order valence-corrected chi connectivity index (χ4v) is 2.55. The van der Waals surface area contributed by atoms with E-state index in [2.05, 4.69) is 5.32 Å². The standard InChI is InChI=1S/C19H24N2O3/c1-12-7-5-6-8-16(12)24-13-9-10-15(20)14(11-13)17(19(2,3)4)21-18(22)23/h5-11,17,21H,20H2,1-4H3,(H,22,23). The molecular weight excluding hydrogens is 304 g/mol. The van der Waals surface area contributed by atoms with Crippen LogP contribution in [0.1, 0.15) is 37.9 Å². The van der Waals surface area contributed by atoms with Crippen molar-refractivity contribution in [2.75, 3.05) is 5.73 Å². The lowest BCUT2D eigenvalue weighted by Gasteiger charge is -2.32.